The van der Waals surface area contributed by atoms with Crippen molar-refractivity contribution in [2.75, 3.05) is 0 Å². The molecule has 0 saturated heterocycles. The standard InChI is InChI=1S/C31H22NO2/c1-19-7-5-8-21(17-19)23-10-6-11-25-27-18-22(13-14-29(27)34-31(23)25)32-16-15-26-24-9-3-4-12-28(24)33-30(26)20(32)2/h3-18H,1-2H3/q+1. The van der Waals surface area contributed by atoms with Crippen molar-refractivity contribution in [3.63, 3.8) is 0 Å². The van der Waals surface area contributed by atoms with Crippen molar-refractivity contribution < 1.29 is 13.4 Å². The van der Waals surface area contributed by atoms with Gasteiger partial charge in [0.05, 0.1) is 0 Å². The Morgan fingerprint density at radius 1 is 0.588 bits per heavy atom. The van der Waals surface area contributed by atoms with E-state index in [9.17, 15) is 0 Å². The fourth-order valence-corrected chi connectivity index (χ4v) is 5.13. The van der Waals surface area contributed by atoms with Crippen LogP contribution in [0.15, 0.2) is 106 Å². The highest BCUT2D eigenvalue weighted by atomic mass is 16.3. The smallest absolute Gasteiger partial charge is 0.227 e. The molecule has 0 unspecified atom stereocenters. The molecule has 3 nitrogen and oxygen atoms in total. The Kier molecular flexibility index (Phi) is 3.97. The van der Waals surface area contributed by atoms with Crippen molar-refractivity contribution in [2.24, 2.45) is 0 Å². The first-order chi connectivity index (χ1) is 16.7. The number of rotatable bonds is 2. The van der Waals surface area contributed by atoms with E-state index < -0.39 is 0 Å². The van der Waals surface area contributed by atoms with Gasteiger partial charge in [0.25, 0.3) is 0 Å². The molecule has 4 aromatic carbocycles. The second-order valence-electron chi connectivity index (χ2n) is 8.95. The van der Waals surface area contributed by atoms with Crippen molar-refractivity contribution >= 4 is 43.9 Å². The summed E-state index contributed by atoms with van der Waals surface area (Å²) in [5.41, 5.74) is 9.33. The lowest BCUT2D eigenvalue weighted by Crippen LogP contribution is -2.33. The Bertz CT molecular complexity index is 1890. The van der Waals surface area contributed by atoms with Gasteiger partial charge in [-0.3, -0.25) is 0 Å². The molecule has 0 aliphatic heterocycles. The zero-order chi connectivity index (χ0) is 22.8. The highest BCUT2D eigenvalue weighted by Crippen LogP contribution is 2.36. The lowest BCUT2D eigenvalue weighted by atomic mass is 10.0. The normalized spacial score (nSPS) is 11.8. The molecule has 0 N–H and O–H groups in total. The highest BCUT2D eigenvalue weighted by molar-refractivity contribution is 6.10. The van der Waals surface area contributed by atoms with Crippen molar-refractivity contribution in [3.8, 4) is 16.8 Å². The molecule has 0 aliphatic rings. The van der Waals surface area contributed by atoms with E-state index in [4.69, 9.17) is 8.83 Å². The van der Waals surface area contributed by atoms with Crippen LogP contribution in [0.4, 0.5) is 0 Å². The third-order valence-electron chi connectivity index (χ3n) is 6.80. The maximum Gasteiger partial charge on any atom is 0.227 e. The number of hydrogen-bond acceptors (Lipinski definition) is 2. The molecule has 0 radical (unpaired) electrons. The molecule has 34 heavy (non-hydrogen) atoms. The van der Waals surface area contributed by atoms with Crippen LogP contribution >= 0.6 is 0 Å². The summed E-state index contributed by atoms with van der Waals surface area (Å²) in [5.74, 6) is 0. The van der Waals surface area contributed by atoms with Crippen molar-refractivity contribution in [1.82, 2.24) is 0 Å². The van der Waals surface area contributed by atoms with Crippen LogP contribution in [0.25, 0.3) is 60.7 Å². The number of nitrogens with zero attached hydrogens (tertiary/aromatic N) is 1. The lowest BCUT2D eigenvalue weighted by molar-refractivity contribution is -0.601. The molecular weight excluding hydrogens is 418 g/mol. The molecule has 162 valence electrons. The largest absolute Gasteiger partial charge is 0.455 e. The minimum Gasteiger partial charge on any atom is -0.455 e. The number of aryl methyl sites for hydroxylation is 2. The Morgan fingerprint density at radius 3 is 2.26 bits per heavy atom. The van der Waals surface area contributed by atoms with Crippen LogP contribution in [-0.2, 0) is 0 Å². The van der Waals surface area contributed by atoms with Crippen LogP contribution in [0.1, 0.15) is 11.3 Å². The number of aromatic nitrogens is 1. The maximum atomic E-state index is 6.38. The number of fused-ring (bicyclic) bond motifs is 6. The van der Waals surface area contributed by atoms with Gasteiger partial charge in [-0.25, -0.2) is 0 Å². The van der Waals surface area contributed by atoms with Crippen molar-refractivity contribution in [3.05, 3.63) is 108 Å². The zero-order valence-electron chi connectivity index (χ0n) is 19.0. The van der Waals surface area contributed by atoms with Crippen molar-refractivity contribution in [1.29, 1.82) is 0 Å². The predicted octanol–water partition coefficient (Wildman–Crippen LogP) is 8.05. The van der Waals surface area contributed by atoms with Crippen LogP contribution in [0, 0.1) is 13.8 Å². The monoisotopic (exact) mass is 440 g/mol. The van der Waals surface area contributed by atoms with Gasteiger partial charge in [0.15, 0.2) is 6.20 Å². The molecule has 0 bridgehead atoms. The minimum absolute atomic E-state index is 0.891. The van der Waals surface area contributed by atoms with Crippen LogP contribution in [0.2, 0.25) is 0 Å². The van der Waals surface area contributed by atoms with E-state index in [1.165, 1.54) is 11.1 Å². The van der Waals surface area contributed by atoms with Gasteiger partial charge in [0, 0.05) is 52.2 Å². The van der Waals surface area contributed by atoms with E-state index in [-0.39, 0.29) is 0 Å². The third-order valence-corrected chi connectivity index (χ3v) is 6.80. The van der Waals surface area contributed by atoms with E-state index in [2.05, 4.69) is 103 Å². The van der Waals surface area contributed by atoms with Gasteiger partial charge < -0.3 is 8.83 Å². The van der Waals surface area contributed by atoms with E-state index >= 15 is 0 Å². The Morgan fingerprint density at radius 2 is 1.35 bits per heavy atom. The van der Waals surface area contributed by atoms with Gasteiger partial charge in [0.2, 0.25) is 17.0 Å². The zero-order valence-corrected chi connectivity index (χ0v) is 19.0. The number of hydrogen-bond donors (Lipinski definition) is 0. The van der Waals surface area contributed by atoms with Gasteiger partial charge in [-0.1, -0.05) is 66.2 Å². The molecular formula is C31H22NO2+. The first-order valence-electron chi connectivity index (χ1n) is 11.5. The summed E-state index contributed by atoms with van der Waals surface area (Å²) in [5, 5.41) is 4.52. The summed E-state index contributed by atoms with van der Waals surface area (Å²) in [6.45, 7) is 4.23. The van der Waals surface area contributed by atoms with Crippen LogP contribution in [-0.4, -0.2) is 0 Å². The maximum absolute atomic E-state index is 6.38. The summed E-state index contributed by atoms with van der Waals surface area (Å²) < 4.78 is 14.8. The summed E-state index contributed by atoms with van der Waals surface area (Å²) in [7, 11) is 0. The first kappa shape index (κ1) is 19.1. The van der Waals surface area contributed by atoms with Gasteiger partial charge in [-0.2, -0.15) is 4.57 Å². The quantitative estimate of drug-likeness (QED) is 0.255. The first-order valence-corrected chi connectivity index (χ1v) is 11.5. The van der Waals surface area contributed by atoms with Gasteiger partial charge >= 0.3 is 0 Å². The molecule has 0 saturated carbocycles. The molecule has 7 aromatic rings. The fraction of sp³-hybridized carbons (Fsp3) is 0.0645. The second-order valence-corrected chi connectivity index (χ2v) is 8.95. The van der Waals surface area contributed by atoms with Crippen molar-refractivity contribution in [2.45, 2.75) is 13.8 Å². The van der Waals surface area contributed by atoms with Crippen LogP contribution in [0.3, 0.4) is 0 Å². The van der Waals surface area contributed by atoms with E-state index in [0.29, 0.717) is 0 Å². The minimum atomic E-state index is 0.891. The molecule has 0 aliphatic carbocycles. The molecule has 0 fully saturated rings. The van der Waals surface area contributed by atoms with Gasteiger partial charge in [-0.05, 0) is 24.6 Å². The van der Waals surface area contributed by atoms with Crippen LogP contribution in [0.5, 0.6) is 0 Å². The average molecular weight is 441 g/mol. The predicted molar refractivity (Wildman–Crippen MR) is 137 cm³/mol. The summed E-state index contributed by atoms with van der Waals surface area (Å²) in [4.78, 5) is 0. The summed E-state index contributed by atoms with van der Waals surface area (Å²) in [6.07, 6.45) is 2.13. The third kappa shape index (κ3) is 2.74. The summed E-state index contributed by atoms with van der Waals surface area (Å²) in [6, 6.07) is 31.7. The molecule has 0 spiro atoms. The number of pyridine rings is 1. The topological polar surface area (TPSA) is 30.2 Å². The summed E-state index contributed by atoms with van der Waals surface area (Å²) >= 11 is 0. The number of para-hydroxylation sites is 2. The number of benzene rings is 4. The average Bonchev–Trinajstić information content (AvgIpc) is 3.43. The Hall–Kier alpha value is -4.37. The fourth-order valence-electron chi connectivity index (χ4n) is 5.13. The van der Waals surface area contributed by atoms with E-state index in [1.807, 2.05) is 12.1 Å². The Labute approximate surface area is 196 Å². The highest BCUT2D eigenvalue weighted by Gasteiger charge is 2.21. The lowest BCUT2D eigenvalue weighted by Gasteiger charge is -2.03. The van der Waals surface area contributed by atoms with E-state index in [1.54, 1.807) is 0 Å². The molecule has 3 heterocycles. The molecule has 7 rings (SSSR count). The van der Waals surface area contributed by atoms with Gasteiger partial charge in [-0.15, -0.1) is 0 Å². The molecule has 0 amide bonds. The Balaban J connectivity index is 1.44. The van der Waals surface area contributed by atoms with Crippen LogP contribution < -0.4 is 4.57 Å². The SMILES string of the molecule is Cc1cccc(-c2cccc3c2oc2ccc(-[n+]4ccc5c(oc6ccccc65)c4C)cc23)c1. The number of furan rings is 2. The second kappa shape index (κ2) is 7.06. The molecule has 0 atom stereocenters. The van der Waals surface area contributed by atoms with E-state index in [0.717, 1.165) is 60.8 Å². The molecule has 3 aromatic heterocycles. The van der Waals surface area contributed by atoms with Gasteiger partial charge in [0.1, 0.15) is 16.7 Å². The molecule has 3 heteroatoms.